The largest absolute Gasteiger partial charge is 0.351 e. The predicted octanol–water partition coefficient (Wildman–Crippen LogP) is 2.82. The average Bonchev–Trinajstić information content (AvgIpc) is 3.31. The van der Waals surface area contributed by atoms with Gasteiger partial charge in [0.1, 0.15) is 0 Å². The van der Waals surface area contributed by atoms with E-state index < -0.39 is 0 Å². The molecule has 0 spiro atoms. The second-order valence-electron chi connectivity index (χ2n) is 10.2. The van der Waals surface area contributed by atoms with Crippen LogP contribution in [0.2, 0.25) is 0 Å². The van der Waals surface area contributed by atoms with Gasteiger partial charge in [-0.15, -0.1) is 5.10 Å². The molecule has 0 radical (unpaired) electrons. The van der Waals surface area contributed by atoms with E-state index in [1.165, 1.54) is 21.4 Å². The third kappa shape index (κ3) is 9.45. The number of urea groups is 1. The first-order valence-corrected chi connectivity index (χ1v) is 13.2. The molecule has 11 heteroatoms. The van der Waals surface area contributed by atoms with E-state index in [-0.39, 0.29) is 11.9 Å². The number of unbranched alkanes of at least 4 members (excludes halogenated alkanes) is 1. The van der Waals surface area contributed by atoms with Crippen molar-refractivity contribution in [2.75, 3.05) is 52.6 Å². The molecule has 0 unspecified atom stereocenters. The molecule has 0 bridgehead atoms. The van der Waals surface area contributed by atoms with Gasteiger partial charge in [0.15, 0.2) is 5.82 Å². The third-order valence-corrected chi connectivity index (χ3v) is 6.45. The van der Waals surface area contributed by atoms with Crippen molar-refractivity contribution in [1.29, 1.82) is 0 Å². The van der Waals surface area contributed by atoms with Gasteiger partial charge in [0.05, 0.1) is 0 Å². The normalized spacial score (nSPS) is 11.2. The van der Waals surface area contributed by atoms with E-state index in [9.17, 15) is 9.59 Å². The number of nitrogens with one attached hydrogen (secondary N) is 3. The highest BCUT2D eigenvalue weighted by atomic mass is 16.2. The van der Waals surface area contributed by atoms with Crippen molar-refractivity contribution >= 4 is 17.6 Å². The zero-order valence-electron chi connectivity index (χ0n) is 23.9. The van der Waals surface area contributed by atoms with Gasteiger partial charge in [-0.25, -0.2) is 9.48 Å². The second kappa shape index (κ2) is 14.4. The second-order valence-corrected chi connectivity index (χ2v) is 10.2. The van der Waals surface area contributed by atoms with E-state index in [0.717, 1.165) is 25.9 Å². The van der Waals surface area contributed by atoms with Crippen LogP contribution in [0, 0.1) is 13.8 Å². The molecule has 3 N–H and O–H groups in total. The summed E-state index contributed by atoms with van der Waals surface area (Å²) >= 11 is 0. The lowest BCUT2D eigenvalue weighted by molar-refractivity contribution is 0.0951. The van der Waals surface area contributed by atoms with Crippen molar-refractivity contribution in [2.24, 2.45) is 7.05 Å². The smallest absolute Gasteiger partial charge is 0.319 e. The first-order chi connectivity index (χ1) is 18.6. The monoisotopic (exact) mass is 535 g/mol. The van der Waals surface area contributed by atoms with Crippen LogP contribution in [0.15, 0.2) is 36.4 Å². The molecule has 1 heterocycles. The van der Waals surface area contributed by atoms with Crippen molar-refractivity contribution in [2.45, 2.75) is 33.2 Å². The van der Waals surface area contributed by atoms with Crippen molar-refractivity contribution in [3.63, 3.8) is 0 Å². The molecule has 11 nitrogen and oxygen atoms in total. The third-order valence-electron chi connectivity index (χ3n) is 6.45. The number of amides is 3. The highest BCUT2D eigenvalue weighted by molar-refractivity contribution is 5.98. The van der Waals surface area contributed by atoms with Gasteiger partial charge < -0.3 is 25.8 Å². The molecule has 39 heavy (non-hydrogen) atoms. The maximum atomic E-state index is 12.8. The van der Waals surface area contributed by atoms with Crippen molar-refractivity contribution in [3.05, 3.63) is 58.7 Å². The van der Waals surface area contributed by atoms with E-state index >= 15 is 0 Å². The fourth-order valence-electron chi connectivity index (χ4n) is 4.11. The quantitative estimate of drug-likeness (QED) is 0.288. The van der Waals surface area contributed by atoms with Gasteiger partial charge in [0, 0.05) is 50.0 Å². The Morgan fingerprint density at radius 1 is 0.923 bits per heavy atom. The maximum absolute atomic E-state index is 12.8. The van der Waals surface area contributed by atoms with Crippen molar-refractivity contribution < 1.29 is 9.59 Å². The molecular formula is C28H41N9O2. The van der Waals surface area contributed by atoms with Gasteiger partial charge in [-0.3, -0.25) is 4.79 Å². The number of aromatic nitrogens is 4. The van der Waals surface area contributed by atoms with E-state index in [0.29, 0.717) is 42.3 Å². The molecule has 0 aliphatic heterocycles. The van der Waals surface area contributed by atoms with E-state index in [1.54, 1.807) is 25.2 Å². The fourth-order valence-corrected chi connectivity index (χ4v) is 4.11. The highest BCUT2D eigenvalue weighted by Gasteiger charge is 2.14. The molecule has 3 amide bonds. The van der Waals surface area contributed by atoms with Crippen LogP contribution in [0.1, 0.15) is 39.9 Å². The van der Waals surface area contributed by atoms with Gasteiger partial charge in [0.2, 0.25) is 0 Å². The van der Waals surface area contributed by atoms with E-state index in [4.69, 9.17) is 0 Å². The summed E-state index contributed by atoms with van der Waals surface area (Å²) in [6.07, 6.45) is 1.82. The minimum absolute atomic E-state index is 0.234. The molecule has 0 aliphatic carbocycles. The lowest BCUT2D eigenvalue weighted by atomic mass is 10.1. The Kier molecular flexibility index (Phi) is 10.9. The van der Waals surface area contributed by atoms with Crippen LogP contribution in [-0.2, 0) is 13.6 Å². The summed E-state index contributed by atoms with van der Waals surface area (Å²) in [4.78, 5) is 29.7. The van der Waals surface area contributed by atoms with E-state index in [2.05, 4.69) is 75.5 Å². The summed E-state index contributed by atoms with van der Waals surface area (Å²) in [7, 11) is 7.72. The summed E-state index contributed by atoms with van der Waals surface area (Å²) in [5.74, 6) is 0.258. The summed E-state index contributed by atoms with van der Waals surface area (Å²) in [6, 6.07) is 11.4. The number of hydrogen-bond donors (Lipinski definition) is 3. The molecule has 0 saturated carbocycles. The summed E-state index contributed by atoms with van der Waals surface area (Å²) in [6.45, 7) is 7.88. The summed E-state index contributed by atoms with van der Waals surface area (Å²) in [5, 5.41) is 20.3. The number of likely N-dealkylation sites (N-methyl/N-ethyl adjacent to an activating group) is 1. The standard InChI is InChI=1S/C28H41N9O2/c1-20-9-10-22(15-21(20)2)19-36(5)13-8-7-11-30-28(39)31-25-17-23(26-32-33-34-37(26)6)16-24(18-25)27(38)29-12-14-35(3)4/h9-10,15-18H,7-8,11-14,19H2,1-6H3,(H,29,38)(H2,30,31,39). The van der Waals surface area contributed by atoms with Crippen molar-refractivity contribution in [1.82, 2.24) is 40.6 Å². The van der Waals surface area contributed by atoms with Crippen molar-refractivity contribution in [3.8, 4) is 11.4 Å². The number of anilines is 1. The lowest BCUT2D eigenvalue weighted by Crippen LogP contribution is -2.32. The van der Waals surface area contributed by atoms with Crippen LogP contribution in [0.3, 0.4) is 0 Å². The summed E-state index contributed by atoms with van der Waals surface area (Å²) < 4.78 is 1.52. The zero-order valence-corrected chi connectivity index (χ0v) is 23.9. The minimum Gasteiger partial charge on any atom is -0.351 e. The lowest BCUT2D eigenvalue weighted by Gasteiger charge is -2.17. The molecule has 0 atom stereocenters. The van der Waals surface area contributed by atoms with Crippen LogP contribution < -0.4 is 16.0 Å². The minimum atomic E-state index is -0.328. The number of carbonyl (C=O) groups excluding carboxylic acids is 2. The first-order valence-electron chi connectivity index (χ1n) is 13.2. The molecule has 3 aromatic rings. The Hall–Kier alpha value is -3.83. The van der Waals surface area contributed by atoms with Gasteiger partial charge in [-0.2, -0.15) is 0 Å². The van der Waals surface area contributed by atoms with Crippen LogP contribution in [0.4, 0.5) is 10.5 Å². The van der Waals surface area contributed by atoms with Gasteiger partial charge >= 0.3 is 6.03 Å². The Morgan fingerprint density at radius 3 is 2.41 bits per heavy atom. The maximum Gasteiger partial charge on any atom is 0.319 e. The molecule has 0 saturated heterocycles. The highest BCUT2D eigenvalue weighted by Crippen LogP contribution is 2.23. The Bertz CT molecular complexity index is 1260. The van der Waals surface area contributed by atoms with Crippen LogP contribution in [0.25, 0.3) is 11.4 Å². The van der Waals surface area contributed by atoms with Crippen LogP contribution >= 0.6 is 0 Å². The number of aryl methyl sites for hydroxylation is 3. The molecule has 3 rings (SSSR count). The number of nitrogens with zero attached hydrogens (tertiary/aromatic N) is 6. The van der Waals surface area contributed by atoms with Crippen LogP contribution in [-0.4, -0.2) is 89.3 Å². The number of benzene rings is 2. The molecular weight excluding hydrogens is 494 g/mol. The SMILES string of the molecule is Cc1ccc(CN(C)CCCCNC(=O)Nc2cc(C(=O)NCCN(C)C)cc(-c3nnnn3C)c2)cc1C. The molecule has 210 valence electrons. The van der Waals surface area contributed by atoms with E-state index in [1.807, 2.05) is 19.0 Å². The average molecular weight is 536 g/mol. The predicted molar refractivity (Wildman–Crippen MR) is 154 cm³/mol. The fraction of sp³-hybridized carbons (Fsp3) is 0.464. The van der Waals surface area contributed by atoms with Gasteiger partial charge in [-0.1, -0.05) is 18.2 Å². The zero-order chi connectivity index (χ0) is 28.4. The van der Waals surface area contributed by atoms with Gasteiger partial charge in [-0.05, 0) is 99.7 Å². The Labute approximate surface area is 230 Å². The molecule has 1 aromatic heterocycles. The topological polar surface area (TPSA) is 120 Å². The summed E-state index contributed by atoms with van der Waals surface area (Å²) in [5.41, 5.74) is 5.46. The first kappa shape index (κ1) is 29.7. The number of rotatable bonds is 13. The number of hydrogen-bond acceptors (Lipinski definition) is 7. The number of carbonyl (C=O) groups is 2. The molecule has 2 aromatic carbocycles. The Balaban J connectivity index is 1.51. The van der Waals surface area contributed by atoms with Gasteiger partial charge in [0.25, 0.3) is 5.91 Å². The molecule has 0 fully saturated rings. The molecule has 0 aliphatic rings. The van der Waals surface area contributed by atoms with Crippen LogP contribution in [0.5, 0.6) is 0 Å². The Morgan fingerprint density at radius 2 is 1.72 bits per heavy atom. The number of tetrazole rings is 1.